The van der Waals surface area contributed by atoms with Crippen LogP contribution in [0.4, 0.5) is 0 Å². The first-order valence-electron chi connectivity index (χ1n) is 9.16. The monoisotopic (exact) mass is 361 g/mol. The van der Waals surface area contributed by atoms with Gasteiger partial charge in [-0.2, -0.15) is 0 Å². The van der Waals surface area contributed by atoms with Gasteiger partial charge in [-0.1, -0.05) is 47.2 Å². The molecule has 1 unspecified atom stereocenters. The maximum absolute atomic E-state index is 13.3. The highest BCUT2D eigenvalue weighted by molar-refractivity contribution is 5.91. The number of nitrogens with one attached hydrogen (secondary N) is 1. The van der Waals surface area contributed by atoms with Crippen LogP contribution in [0.25, 0.3) is 5.57 Å². The molecule has 5 nitrogen and oxygen atoms in total. The maximum Gasteiger partial charge on any atom is 0.323 e. The summed E-state index contributed by atoms with van der Waals surface area (Å²) in [5, 5.41) is 8.21. The molecule has 138 valence electrons. The van der Waals surface area contributed by atoms with Gasteiger partial charge in [0.2, 0.25) is 0 Å². The fraction of sp³-hybridized carbons (Fsp3) is 0.318. The number of esters is 1. The summed E-state index contributed by atoms with van der Waals surface area (Å²) in [5.74, 6) is -0.297. The Morgan fingerprint density at radius 1 is 1.26 bits per heavy atom. The van der Waals surface area contributed by atoms with Gasteiger partial charge in [-0.05, 0) is 62.5 Å². The Morgan fingerprint density at radius 2 is 2.07 bits per heavy atom. The van der Waals surface area contributed by atoms with Crippen LogP contribution in [-0.2, 0) is 16.0 Å². The molecule has 0 fully saturated rings. The summed E-state index contributed by atoms with van der Waals surface area (Å²) in [6.45, 7) is 5.64. The van der Waals surface area contributed by atoms with E-state index in [-0.39, 0.29) is 5.97 Å². The van der Waals surface area contributed by atoms with E-state index < -0.39 is 11.0 Å². The Balaban J connectivity index is 1.76. The van der Waals surface area contributed by atoms with Crippen molar-refractivity contribution in [3.63, 3.8) is 0 Å². The van der Waals surface area contributed by atoms with Crippen molar-refractivity contribution >= 4 is 11.5 Å². The third-order valence-corrected chi connectivity index (χ3v) is 4.98. The van der Waals surface area contributed by atoms with E-state index >= 15 is 0 Å². The molecule has 1 heterocycles. The first kappa shape index (κ1) is 17.5. The lowest BCUT2D eigenvalue weighted by atomic mass is 9.73. The minimum absolute atomic E-state index is 0.297. The standard InChI is InChI=1S/C22H23N3O2/c1-21(2,3)27-20(26)22(19-9-6-12-23-25-24-19)11-10-18-16(14-22)13-15-7-4-5-8-17(15)18/h4-12H,13-14H2,1-3H3,(H,23,24). The molecule has 0 spiro atoms. The quantitative estimate of drug-likeness (QED) is 0.780. The molecular formula is C22H23N3O2. The molecule has 1 N–H and O–H groups in total. The lowest BCUT2D eigenvalue weighted by molar-refractivity contribution is -0.162. The molecule has 2 aliphatic carbocycles. The molecule has 0 saturated heterocycles. The van der Waals surface area contributed by atoms with Gasteiger partial charge in [-0.15, -0.1) is 5.11 Å². The first-order valence-corrected chi connectivity index (χ1v) is 9.16. The number of benzene rings is 1. The van der Waals surface area contributed by atoms with Gasteiger partial charge in [0.25, 0.3) is 0 Å². The van der Waals surface area contributed by atoms with E-state index in [4.69, 9.17) is 4.74 Å². The van der Waals surface area contributed by atoms with Gasteiger partial charge in [-0.3, -0.25) is 10.2 Å². The summed E-state index contributed by atoms with van der Waals surface area (Å²) in [5.41, 5.74) is 6.74. The van der Waals surface area contributed by atoms with Gasteiger partial charge in [-0.25, -0.2) is 0 Å². The number of carbonyl (C=O) groups excluding carboxylic acids is 1. The van der Waals surface area contributed by atoms with Gasteiger partial charge in [0.05, 0.1) is 5.70 Å². The highest BCUT2D eigenvalue weighted by Crippen LogP contribution is 2.49. The summed E-state index contributed by atoms with van der Waals surface area (Å²) in [7, 11) is 0. The van der Waals surface area contributed by atoms with E-state index in [9.17, 15) is 4.79 Å². The zero-order chi connectivity index (χ0) is 19.1. The maximum atomic E-state index is 13.3. The zero-order valence-electron chi connectivity index (χ0n) is 15.8. The molecule has 4 rings (SSSR count). The van der Waals surface area contributed by atoms with Crippen molar-refractivity contribution in [1.29, 1.82) is 0 Å². The topological polar surface area (TPSA) is 63.0 Å². The van der Waals surface area contributed by atoms with Gasteiger partial charge in [0, 0.05) is 6.20 Å². The summed E-state index contributed by atoms with van der Waals surface area (Å²) in [6, 6.07) is 8.39. The molecule has 1 atom stereocenters. The predicted molar refractivity (Wildman–Crippen MR) is 104 cm³/mol. The van der Waals surface area contributed by atoms with Crippen molar-refractivity contribution in [2.45, 2.75) is 39.2 Å². The van der Waals surface area contributed by atoms with E-state index in [1.54, 1.807) is 6.20 Å². The van der Waals surface area contributed by atoms with Crippen molar-refractivity contribution in [1.82, 2.24) is 5.43 Å². The number of nitrogens with zero attached hydrogens (tertiary/aromatic N) is 2. The van der Waals surface area contributed by atoms with Crippen LogP contribution < -0.4 is 5.43 Å². The van der Waals surface area contributed by atoms with Crippen molar-refractivity contribution in [2.24, 2.45) is 15.8 Å². The van der Waals surface area contributed by atoms with Crippen molar-refractivity contribution in [3.05, 3.63) is 77.2 Å². The van der Waals surface area contributed by atoms with Crippen LogP contribution in [-0.4, -0.2) is 11.6 Å². The van der Waals surface area contributed by atoms with Crippen LogP contribution in [0.2, 0.25) is 0 Å². The van der Waals surface area contributed by atoms with Crippen LogP contribution in [0.5, 0.6) is 0 Å². The Hall–Kier alpha value is -2.95. The van der Waals surface area contributed by atoms with Crippen molar-refractivity contribution in [3.8, 4) is 0 Å². The summed E-state index contributed by atoms with van der Waals surface area (Å²) < 4.78 is 5.80. The van der Waals surface area contributed by atoms with Gasteiger partial charge in [0.1, 0.15) is 11.0 Å². The highest BCUT2D eigenvalue weighted by atomic mass is 16.6. The van der Waals surface area contributed by atoms with Crippen LogP contribution in [0.15, 0.2) is 76.4 Å². The third-order valence-electron chi connectivity index (χ3n) is 4.98. The van der Waals surface area contributed by atoms with E-state index in [2.05, 4.69) is 40.0 Å². The second-order valence-electron chi connectivity index (χ2n) is 8.07. The molecule has 1 aliphatic heterocycles. The minimum Gasteiger partial charge on any atom is -0.459 e. The first-order chi connectivity index (χ1) is 12.9. The molecule has 0 radical (unpaired) electrons. The van der Waals surface area contributed by atoms with E-state index in [1.807, 2.05) is 45.1 Å². The number of allylic oxidation sites excluding steroid dienone is 5. The molecule has 0 aromatic heterocycles. The Bertz CT molecular complexity index is 945. The SMILES string of the molecule is CC(C)(C)OC(=O)C1(C2=CC=CNN=N2)C=CC2=C(Cc3ccccc32)C1. The fourth-order valence-electron chi connectivity index (χ4n) is 3.80. The molecule has 0 saturated carbocycles. The third kappa shape index (κ3) is 3.14. The molecular weight excluding hydrogens is 338 g/mol. The Labute approximate surface area is 159 Å². The normalized spacial score (nSPS) is 23.3. The molecule has 5 heteroatoms. The number of fused-ring (bicyclic) bond motifs is 2. The molecule has 3 aliphatic rings. The summed E-state index contributed by atoms with van der Waals surface area (Å²) >= 11 is 0. The van der Waals surface area contributed by atoms with Crippen LogP contribution >= 0.6 is 0 Å². The number of rotatable bonds is 2. The van der Waals surface area contributed by atoms with Crippen molar-refractivity contribution < 1.29 is 9.53 Å². The van der Waals surface area contributed by atoms with Gasteiger partial charge < -0.3 is 4.74 Å². The molecule has 1 aromatic carbocycles. The second kappa shape index (κ2) is 6.34. The number of hydrogen-bond acceptors (Lipinski definition) is 5. The lowest BCUT2D eigenvalue weighted by Gasteiger charge is -2.34. The Morgan fingerprint density at radius 3 is 2.89 bits per heavy atom. The number of hydrogen-bond donors (Lipinski definition) is 1. The van der Waals surface area contributed by atoms with Crippen LogP contribution in [0.1, 0.15) is 38.3 Å². The summed E-state index contributed by atoms with van der Waals surface area (Å²) in [4.78, 5) is 13.3. The van der Waals surface area contributed by atoms with Crippen molar-refractivity contribution in [2.75, 3.05) is 0 Å². The smallest absolute Gasteiger partial charge is 0.323 e. The predicted octanol–water partition coefficient (Wildman–Crippen LogP) is 4.65. The minimum atomic E-state index is -0.978. The summed E-state index contributed by atoms with van der Waals surface area (Å²) in [6.07, 6.45) is 10.7. The number of carbonyl (C=O) groups is 1. The van der Waals surface area contributed by atoms with Gasteiger partial charge in [0.15, 0.2) is 0 Å². The lowest BCUT2D eigenvalue weighted by Crippen LogP contribution is -2.39. The van der Waals surface area contributed by atoms with E-state index in [0.29, 0.717) is 12.1 Å². The fourth-order valence-corrected chi connectivity index (χ4v) is 3.80. The molecule has 1 aromatic rings. The second-order valence-corrected chi connectivity index (χ2v) is 8.07. The van der Waals surface area contributed by atoms with Crippen LogP contribution in [0.3, 0.4) is 0 Å². The molecule has 27 heavy (non-hydrogen) atoms. The zero-order valence-corrected chi connectivity index (χ0v) is 15.8. The largest absolute Gasteiger partial charge is 0.459 e. The highest BCUT2D eigenvalue weighted by Gasteiger charge is 2.47. The molecule has 0 amide bonds. The Kier molecular flexibility index (Phi) is 4.10. The number of ether oxygens (including phenoxy) is 1. The molecule has 0 bridgehead atoms. The van der Waals surface area contributed by atoms with E-state index in [0.717, 1.165) is 6.42 Å². The van der Waals surface area contributed by atoms with Crippen LogP contribution in [0, 0.1) is 5.41 Å². The average Bonchev–Trinajstić information content (AvgIpc) is 2.78. The van der Waals surface area contributed by atoms with E-state index in [1.165, 1.54) is 22.3 Å². The van der Waals surface area contributed by atoms with Gasteiger partial charge >= 0.3 is 5.97 Å². The average molecular weight is 361 g/mol.